The average molecular weight is 383 g/mol. The van der Waals surface area contributed by atoms with Crippen LogP contribution in [0.2, 0.25) is 0 Å². The molecule has 2 rings (SSSR count). The van der Waals surface area contributed by atoms with Crippen LogP contribution in [-0.2, 0) is 10.0 Å². The highest BCUT2D eigenvalue weighted by atomic mass is 32.2. The highest BCUT2D eigenvalue weighted by molar-refractivity contribution is 7.89. The van der Waals surface area contributed by atoms with Gasteiger partial charge < -0.3 is 10.2 Å². The molecule has 1 fully saturated rings. The number of aliphatic imine (C=N–C) groups is 1. The Balaban J connectivity index is 1.74. The molecule has 1 aliphatic heterocycles. The van der Waals surface area contributed by atoms with Crippen LogP contribution < -0.4 is 10.0 Å². The Morgan fingerprint density at radius 1 is 1.27 bits per heavy atom. The van der Waals surface area contributed by atoms with Crippen molar-refractivity contribution >= 4 is 16.0 Å². The highest BCUT2D eigenvalue weighted by Crippen LogP contribution is 2.06. The second kappa shape index (κ2) is 9.84. The summed E-state index contributed by atoms with van der Waals surface area (Å²) in [6.45, 7) is 10.2. The van der Waals surface area contributed by atoms with Gasteiger partial charge in [0.1, 0.15) is 4.90 Å². The summed E-state index contributed by atoms with van der Waals surface area (Å²) in [6, 6.07) is 3.13. The van der Waals surface area contributed by atoms with E-state index in [1.165, 1.54) is 12.3 Å². The highest BCUT2D eigenvalue weighted by Gasteiger charge is 2.20. The number of guanidine groups is 1. The molecule has 9 heteroatoms. The fourth-order valence-electron chi connectivity index (χ4n) is 2.94. The molecule has 1 saturated heterocycles. The van der Waals surface area contributed by atoms with Gasteiger partial charge in [-0.05, 0) is 18.1 Å². The normalized spacial score (nSPS) is 16.9. The molecule has 0 aromatic carbocycles. The van der Waals surface area contributed by atoms with Gasteiger partial charge in [0.15, 0.2) is 5.96 Å². The quantitative estimate of drug-likeness (QED) is 0.398. The lowest BCUT2D eigenvalue weighted by Gasteiger charge is -2.37. The monoisotopic (exact) mass is 382 g/mol. The topological polar surface area (TPSA) is 89.9 Å². The third-order valence-electron chi connectivity index (χ3n) is 4.15. The Hall–Kier alpha value is -1.71. The molecular formula is C17H30N6O2S. The van der Waals surface area contributed by atoms with E-state index in [2.05, 4.69) is 43.7 Å². The molecule has 1 aromatic rings. The smallest absolute Gasteiger partial charge is 0.242 e. The SMILES string of the molecule is CN=C(NCCNS(=O)(=O)c1cccnc1)N1CCN(CC(C)C)CC1. The maximum Gasteiger partial charge on any atom is 0.242 e. The maximum absolute atomic E-state index is 12.1. The van der Waals surface area contributed by atoms with Crippen molar-refractivity contribution in [3.63, 3.8) is 0 Å². The fourth-order valence-corrected chi connectivity index (χ4v) is 3.93. The van der Waals surface area contributed by atoms with Crippen LogP contribution in [0.4, 0.5) is 0 Å². The summed E-state index contributed by atoms with van der Waals surface area (Å²) >= 11 is 0. The third-order valence-corrected chi connectivity index (χ3v) is 5.60. The summed E-state index contributed by atoms with van der Waals surface area (Å²) in [5, 5.41) is 3.23. The Bertz CT molecular complexity index is 670. The van der Waals surface area contributed by atoms with E-state index in [9.17, 15) is 8.42 Å². The molecule has 0 unspecified atom stereocenters. The van der Waals surface area contributed by atoms with E-state index >= 15 is 0 Å². The lowest BCUT2D eigenvalue weighted by molar-refractivity contribution is 0.164. The number of nitrogens with zero attached hydrogens (tertiary/aromatic N) is 4. The van der Waals surface area contributed by atoms with Crippen molar-refractivity contribution in [1.29, 1.82) is 0 Å². The van der Waals surface area contributed by atoms with Gasteiger partial charge in [-0.15, -0.1) is 0 Å². The van der Waals surface area contributed by atoms with Crippen LogP contribution >= 0.6 is 0 Å². The predicted octanol–water partition coefficient (Wildman–Crippen LogP) is 0.209. The van der Waals surface area contributed by atoms with E-state index < -0.39 is 10.0 Å². The van der Waals surface area contributed by atoms with Crippen molar-refractivity contribution in [2.24, 2.45) is 10.9 Å². The van der Waals surface area contributed by atoms with Gasteiger partial charge in [-0.3, -0.25) is 14.9 Å². The lowest BCUT2D eigenvalue weighted by atomic mass is 10.2. The van der Waals surface area contributed by atoms with Crippen LogP contribution in [0.25, 0.3) is 0 Å². The van der Waals surface area contributed by atoms with E-state index in [0.717, 1.165) is 38.7 Å². The summed E-state index contributed by atoms with van der Waals surface area (Å²) in [7, 11) is -1.77. The largest absolute Gasteiger partial charge is 0.355 e. The first-order valence-electron chi connectivity index (χ1n) is 9.00. The van der Waals surface area contributed by atoms with Crippen LogP contribution in [0.15, 0.2) is 34.4 Å². The number of piperazine rings is 1. The van der Waals surface area contributed by atoms with E-state index in [1.807, 2.05) is 0 Å². The van der Waals surface area contributed by atoms with Crippen LogP contribution in [0, 0.1) is 5.92 Å². The Kier molecular flexibility index (Phi) is 7.80. The molecule has 146 valence electrons. The first-order valence-corrected chi connectivity index (χ1v) is 10.5. The van der Waals surface area contributed by atoms with Crippen molar-refractivity contribution in [2.45, 2.75) is 18.7 Å². The molecule has 1 aromatic heterocycles. The minimum absolute atomic E-state index is 0.172. The number of hydrogen-bond donors (Lipinski definition) is 2. The first kappa shape index (κ1) is 20.6. The maximum atomic E-state index is 12.1. The van der Waals surface area contributed by atoms with Gasteiger partial charge >= 0.3 is 0 Å². The van der Waals surface area contributed by atoms with Gasteiger partial charge in [-0.2, -0.15) is 0 Å². The van der Waals surface area contributed by atoms with Crippen molar-refractivity contribution in [3.05, 3.63) is 24.5 Å². The lowest BCUT2D eigenvalue weighted by Crippen LogP contribution is -2.53. The minimum Gasteiger partial charge on any atom is -0.355 e. The van der Waals surface area contributed by atoms with Gasteiger partial charge in [0.05, 0.1) is 0 Å². The molecule has 0 spiro atoms. The van der Waals surface area contributed by atoms with Gasteiger partial charge in [0.2, 0.25) is 10.0 Å². The second-order valence-corrected chi connectivity index (χ2v) is 8.51. The molecule has 0 atom stereocenters. The molecule has 2 N–H and O–H groups in total. The van der Waals surface area contributed by atoms with Crippen LogP contribution in [0.1, 0.15) is 13.8 Å². The zero-order valence-corrected chi connectivity index (χ0v) is 16.7. The Labute approximate surface area is 156 Å². The number of pyridine rings is 1. The summed E-state index contributed by atoms with van der Waals surface area (Å²) < 4.78 is 26.9. The summed E-state index contributed by atoms with van der Waals surface area (Å²) in [5.74, 6) is 1.49. The Morgan fingerprint density at radius 3 is 2.58 bits per heavy atom. The fraction of sp³-hybridized carbons (Fsp3) is 0.647. The van der Waals surface area contributed by atoms with Gasteiger partial charge in [-0.1, -0.05) is 13.8 Å². The second-order valence-electron chi connectivity index (χ2n) is 6.74. The molecule has 2 heterocycles. The number of aromatic nitrogens is 1. The van der Waals surface area contributed by atoms with E-state index in [4.69, 9.17) is 0 Å². The van der Waals surface area contributed by atoms with Crippen molar-refractivity contribution in [2.75, 3.05) is 52.9 Å². The number of rotatable bonds is 7. The molecule has 0 bridgehead atoms. The summed E-state index contributed by atoms with van der Waals surface area (Å²) in [6.07, 6.45) is 2.89. The van der Waals surface area contributed by atoms with Crippen molar-refractivity contribution < 1.29 is 8.42 Å². The van der Waals surface area contributed by atoms with Gasteiger partial charge in [-0.25, -0.2) is 13.1 Å². The van der Waals surface area contributed by atoms with Crippen molar-refractivity contribution in [1.82, 2.24) is 24.8 Å². The van der Waals surface area contributed by atoms with Gasteiger partial charge in [0.25, 0.3) is 0 Å². The predicted molar refractivity (Wildman–Crippen MR) is 104 cm³/mol. The average Bonchev–Trinajstić information content (AvgIpc) is 2.63. The van der Waals surface area contributed by atoms with E-state index in [-0.39, 0.29) is 11.4 Å². The van der Waals surface area contributed by atoms with E-state index in [0.29, 0.717) is 12.5 Å². The first-order chi connectivity index (χ1) is 12.4. The molecule has 0 amide bonds. The summed E-state index contributed by atoms with van der Waals surface area (Å²) in [4.78, 5) is 13.0. The third kappa shape index (κ3) is 6.22. The number of hydrogen-bond acceptors (Lipinski definition) is 5. The number of sulfonamides is 1. The van der Waals surface area contributed by atoms with E-state index in [1.54, 1.807) is 19.3 Å². The zero-order valence-electron chi connectivity index (χ0n) is 15.9. The molecule has 0 aliphatic carbocycles. The van der Waals surface area contributed by atoms with Crippen LogP contribution in [0.3, 0.4) is 0 Å². The van der Waals surface area contributed by atoms with Gasteiger partial charge in [0, 0.05) is 65.3 Å². The standard InChI is InChI=1S/C17H30N6O2S/c1-15(2)14-22-9-11-23(12-10-22)17(18-3)20-7-8-21-26(24,25)16-5-4-6-19-13-16/h4-6,13,15,21H,7-12,14H2,1-3H3,(H,18,20). The van der Waals surface area contributed by atoms with Crippen molar-refractivity contribution in [3.8, 4) is 0 Å². The van der Waals surface area contributed by atoms with Crippen LogP contribution in [0.5, 0.6) is 0 Å². The molecule has 8 nitrogen and oxygen atoms in total. The Morgan fingerprint density at radius 2 is 2.00 bits per heavy atom. The molecule has 26 heavy (non-hydrogen) atoms. The molecule has 1 aliphatic rings. The number of nitrogens with one attached hydrogen (secondary N) is 2. The minimum atomic E-state index is -3.52. The summed E-state index contributed by atoms with van der Waals surface area (Å²) in [5.41, 5.74) is 0. The zero-order chi connectivity index (χ0) is 19.0. The molecule has 0 radical (unpaired) electrons. The van der Waals surface area contributed by atoms with Crippen LogP contribution in [-0.4, -0.2) is 82.0 Å². The molecular weight excluding hydrogens is 352 g/mol. The molecule has 0 saturated carbocycles.